The van der Waals surface area contributed by atoms with E-state index in [0.29, 0.717) is 16.5 Å². The van der Waals surface area contributed by atoms with Crippen molar-refractivity contribution in [2.75, 3.05) is 18.1 Å². The second kappa shape index (κ2) is 7.93. The molecule has 0 spiro atoms. The fraction of sp³-hybridized carbons (Fsp3) is 0.105. The van der Waals surface area contributed by atoms with Crippen molar-refractivity contribution in [3.63, 3.8) is 0 Å². The molecule has 3 aromatic rings. The number of amides is 1. The zero-order chi connectivity index (χ0) is 19.2. The Morgan fingerprint density at radius 3 is 2.44 bits per heavy atom. The molecule has 27 heavy (non-hydrogen) atoms. The fourth-order valence-corrected chi connectivity index (χ4v) is 2.55. The van der Waals surface area contributed by atoms with Crippen LogP contribution in [0.15, 0.2) is 59.4 Å². The third-order valence-corrected chi connectivity index (χ3v) is 3.81. The number of carbonyl (C=O) groups excluding carboxylic acids is 2. The topological polar surface area (TPSA) is 116 Å². The predicted molar refractivity (Wildman–Crippen MR) is 97.1 cm³/mol. The molecule has 0 unspecified atom stereocenters. The number of nitrogens with one attached hydrogen (secondary N) is 1. The van der Waals surface area contributed by atoms with Gasteiger partial charge < -0.3 is 4.74 Å². The van der Waals surface area contributed by atoms with Gasteiger partial charge in [-0.3, -0.25) is 14.5 Å². The molecule has 2 aromatic carbocycles. The van der Waals surface area contributed by atoms with Crippen molar-refractivity contribution in [1.29, 1.82) is 5.26 Å². The van der Waals surface area contributed by atoms with Crippen molar-refractivity contribution in [3.05, 3.63) is 70.6 Å². The van der Waals surface area contributed by atoms with Gasteiger partial charge >= 0.3 is 5.97 Å². The minimum absolute atomic E-state index is 0.0930. The highest BCUT2D eigenvalue weighted by atomic mass is 16.5. The standard InChI is InChI=1S/C19H14N4O4/c20-10-11-23(13-6-2-1-3-7-13)16(24)12-27-19(26)17-14-8-4-5-9-15(14)18(25)22-21-17/h1-9H,11-12H2,(H,22,25). The molecule has 0 aliphatic carbocycles. The zero-order valence-electron chi connectivity index (χ0n) is 14.1. The van der Waals surface area contributed by atoms with Crippen molar-refractivity contribution in [2.45, 2.75) is 0 Å². The van der Waals surface area contributed by atoms with Gasteiger partial charge in [-0.25, -0.2) is 9.89 Å². The molecule has 134 valence electrons. The van der Waals surface area contributed by atoms with Gasteiger partial charge in [-0.2, -0.15) is 10.4 Å². The molecule has 1 amide bonds. The van der Waals surface area contributed by atoms with Crippen LogP contribution in [0.2, 0.25) is 0 Å². The summed E-state index contributed by atoms with van der Waals surface area (Å²) >= 11 is 0. The van der Waals surface area contributed by atoms with Gasteiger partial charge in [-0.15, -0.1) is 0 Å². The number of anilines is 1. The quantitative estimate of drug-likeness (QED) is 0.545. The average molecular weight is 362 g/mol. The Kier molecular flexibility index (Phi) is 5.23. The highest BCUT2D eigenvalue weighted by Crippen LogP contribution is 2.15. The van der Waals surface area contributed by atoms with Gasteiger partial charge in [0.15, 0.2) is 12.3 Å². The van der Waals surface area contributed by atoms with E-state index in [1.54, 1.807) is 54.6 Å². The van der Waals surface area contributed by atoms with E-state index in [0.717, 1.165) is 0 Å². The van der Waals surface area contributed by atoms with Gasteiger partial charge in [0.05, 0.1) is 11.5 Å². The Labute approximate surface area is 153 Å². The number of nitriles is 1. The molecule has 0 saturated carbocycles. The Morgan fingerprint density at radius 2 is 1.74 bits per heavy atom. The Morgan fingerprint density at radius 1 is 1.07 bits per heavy atom. The second-order valence-electron chi connectivity index (χ2n) is 5.50. The van der Waals surface area contributed by atoms with E-state index in [-0.39, 0.29) is 12.2 Å². The first kappa shape index (κ1) is 17.8. The maximum Gasteiger partial charge on any atom is 0.359 e. The highest BCUT2D eigenvalue weighted by molar-refractivity contribution is 6.03. The van der Waals surface area contributed by atoms with Gasteiger partial charge in [0.2, 0.25) is 0 Å². The number of hydrogen-bond acceptors (Lipinski definition) is 6. The van der Waals surface area contributed by atoms with Crippen LogP contribution in [0.3, 0.4) is 0 Å². The number of hydrogen-bond donors (Lipinski definition) is 1. The van der Waals surface area contributed by atoms with Gasteiger partial charge in [-0.1, -0.05) is 36.4 Å². The minimum atomic E-state index is -0.847. The average Bonchev–Trinajstić information content (AvgIpc) is 2.71. The molecule has 0 bridgehead atoms. The zero-order valence-corrected chi connectivity index (χ0v) is 14.1. The largest absolute Gasteiger partial charge is 0.451 e. The number of carbonyl (C=O) groups is 2. The van der Waals surface area contributed by atoms with Crippen molar-refractivity contribution < 1.29 is 14.3 Å². The summed E-state index contributed by atoms with van der Waals surface area (Å²) in [6, 6.07) is 17.0. The molecule has 8 nitrogen and oxygen atoms in total. The van der Waals surface area contributed by atoms with Crippen LogP contribution >= 0.6 is 0 Å². The fourth-order valence-electron chi connectivity index (χ4n) is 2.55. The number of esters is 1. The van der Waals surface area contributed by atoms with E-state index in [1.807, 2.05) is 6.07 Å². The molecule has 0 aliphatic rings. The van der Waals surface area contributed by atoms with Gasteiger partial charge in [0.25, 0.3) is 11.5 Å². The second-order valence-corrected chi connectivity index (χ2v) is 5.50. The highest BCUT2D eigenvalue weighted by Gasteiger charge is 2.20. The van der Waals surface area contributed by atoms with E-state index < -0.39 is 24.0 Å². The SMILES string of the molecule is N#CCN(C(=O)COC(=O)c1n[nH]c(=O)c2ccccc12)c1ccccc1. The lowest BCUT2D eigenvalue weighted by molar-refractivity contribution is -0.121. The summed E-state index contributed by atoms with van der Waals surface area (Å²) in [6.45, 7) is -0.745. The lowest BCUT2D eigenvalue weighted by Crippen LogP contribution is -2.35. The summed E-state index contributed by atoms with van der Waals surface area (Å²) in [4.78, 5) is 37.7. The summed E-state index contributed by atoms with van der Waals surface area (Å²) in [5, 5.41) is 15.5. The molecule has 0 atom stereocenters. The van der Waals surface area contributed by atoms with E-state index in [1.165, 1.54) is 4.90 Å². The van der Waals surface area contributed by atoms with Gasteiger partial charge in [0, 0.05) is 11.1 Å². The number of benzene rings is 2. The van der Waals surface area contributed by atoms with Crippen LogP contribution in [0.4, 0.5) is 5.69 Å². The van der Waals surface area contributed by atoms with Crippen LogP contribution in [0, 0.1) is 11.3 Å². The Hall–Kier alpha value is -3.99. The maximum absolute atomic E-state index is 12.4. The van der Waals surface area contributed by atoms with Crippen LogP contribution in [0.25, 0.3) is 10.8 Å². The van der Waals surface area contributed by atoms with Crippen molar-refractivity contribution >= 4 is 28.3 Å². The molecule has 1 aromatic heterocycles. The molecule has 1 N–H and O–H groups in total. The Bertz CT molecular complexity index is 1090. The van der Waals surface area contributed by atoms with Crippen LogP contribution in [0.5, 0.6) is 0 Å². The van der Waals surface area contributed by atoms with Gasteiger partial charge in [-0.05, 0) is 18.2 Å². The summed E-state index contributed by atoms with van der Waals surface area (Å²) in [5.74, 6) is -1.40. The Balaban J connectivity index is 1.77. The molecule has 8 heteroatoms. The summed E-state index contributed by atoms with van der Waals surface area (Å²) in [5.41, 5.74) is -0.000224. The molecule has 3 rings (SSSR count). The monoisotopic (exact) mass is 362 g/mol. The van der Waals surface area contributed by atoms with E-state index in [9.17, 15) is 14.4 Å². The molecular weight excluding hydrogens is 348 g/mol. The lowest BCUT2D eigenvalue weighted by atomic mass is 10.1. The van der Waals surface area contributed by atoms with Gasteiger partial charge in [0.1, 0.15) is 6.54 Å². The van der Waals surface area contributed by atoms with Crippen molar-refractivity contribution in [3.8, 4) is 6.07 Å². The minimum Gasteiger partial charge on any atom is -0.451 e. The molecule has 0 saturated heterocycles. The lowest BCUT2D eigenvalue weighted by Gasteiger charge is -2.19. The normalized spacial score (nSPS) is 10.2. The number of ether oxygens (including phenoxy) is 1. The third kappa shape index (κ3) is 3.82. The summed E-state index contributed by atoms with van der Waals surface area (Å²) < 4.78 is 5.06. The number of para-hydroxylation sites is 1. The van der Waals surface area contributed by atoms with Crippen LogP contribution in [0.1, 0.15) is 10.5 Å². The number of aromatic nitrogens is 2. The number of aromatic amines is 1. The number of nitrogens with zero attached hydrogens (tertiary/aromatic N) is 3. The van der Waals surface area contributed by atoms with Crippen LogP contribution < -0.4 is 10.5 Å². The van der Waals surface area contributed by atoms with E-state index in [4.69, 9.17) is 10.00 Å². The smallest absolute Gasteiger partial charge is 0.359 e. The van der Waals surface area contributed by atoms with E-state index >= 15 is 0 Å². The third-order valence-electron chi connectivity index (χ3n) is 3.81. The number of fused-ring (bicyclic) bond motifs is 1. The first-order chi connectivity index (χ1) is 13.1. The summed E-state index contributed by atoms with van der Waals surface area (Å²) in [7, 11) is 0. The van der Waals surface area contributed by atoms with Crippen LogP contribution in [-0.2, 0) is 9.53 Å². The number of H-pyrrole nitrogens is 1. The maximum atomic E-state index is 12.4. The van der Waals surface area contributed by atoms with E-state index in [2.05, 4.69) is 10.2 Å². The van der Waals surface area contributed by atoms with Crippen molar-refractivity contribution in [1.82, 2.24) is 10.2 Å². The predicted octanol–water partition coefficient (Wildman–Crippen LogP) is 1.64. The number of rotatable bonds is 5. The molecular formula is C19H14N4O4. The van der Waals surface area contributed by atoms with Crippen LogP contribution in [-0.4, -0.2) is 35.2 Å². The summed E-state index contributed by atoms with van der Waals surface area (Å²) in [6.07, 6.45) is 0. The molecule has 0 fully saturated rings. The van der Waals surface area contributed by atoms with Crippen molar-refractivity contribution in [2.24, 2.45) is 0 Å². The first-order valence-electron chi connectivity index (χ1n) is 7.98. The first-order valence-corrected chi connectivity index (χ1v) is 7.98. The molecule has 1 heterocycles. The molecule has 0 aliphatic heterocycles. The molecule has 0 radical (unpaired) electrons.